The van der Waals surface area contributed by atoms with Crippen LogP contribution in [0.4, 0.5) is 0 Å². The molecule has 2 N–H and O–H groups in total. The molecule has 1 aromatic carbocycles. The fourth-order valence-electron chi connectivity index (χ4n) is 1.75. The number of aliphatic carboxylic acids is 1. The van der Waals surface area contributed by atoms with Crippen LogP contribution < -0.4 is 0 Å². The molecule has 0 radical (unpaired) electrons. The number of phenols is 1. The molecule has 3 heteroatoms. The van der Waals surface area contributed by atoms with Gasteiger partial charge in [-0.05, 0) is 43.4 Å². The SMILES string of the molecule is C=C(C/C=C\C(=C)C(=O)O)CCCc1ccc(O)cc1. The van der Waals surface area contributed by atoms with Crippen LogP contribution in [0.2, 0.25) is 0 Å². The minimum Gasteiger partial charge on any atom is -0.508 e. The number of carbonyl (C=O) groups is 1. The zero-order chi connectivity index (χ0) is 15.0. The number of allylic oxidation sites excluding steroid dienone is 2. The van der Waals surface area contributed by atoms with Crippen LogP contribution in [0.25, 0.3) is 0 Å². The van der Waals surface area contributed by atoms with Gasteiger partial charge < -0.3 is 10.2 Å². The zero-order valence-corrected chi connectivity index (χ0v) is 11.5. The largest absolute Gasteiger partial charge is 0.508 e. The molecule has 0 saturated carbocycles. The van der Waals surface area contributed by atoms with Gasteiger partial charge in [0, 0.05) is 0 Å². The molecule has 0 aliphatic carbocycles. The predicted molar refractivity (Wildman–Crippen MR) is 80.7 cm³/mol. The Morgan fingerprint density at radius 2 is 1.85 bits per heavy atom. The van der Waals surface area contributed by atoms with Crippen molar-refractivity contribution in [1.29, 1.82) is 0 Å². The number of carboxylic acid groups (broad SMARTS) is 1. The summed E-state index contributed by atoms with van der Waals surface area (Å²) in [6.07, 6.45) is 6.77. The number of benzene rings is 1. The fourth-order valence-corrected chi connectivity index (χ4v) is 1.75. The van der Waals surface area contributed by atoms with E-state index in [4.69, 9.17) is 5.11 Å². The highest BCUT2D eigenvalue weighted by atomic mass is 16.4. The Balaban J connectivity index is 2.25. The summed E-state index contributed by atoms with van der Waals surface area (Å²) < 4.78 is 0. The van der Waals surface area contributed by atoms with Crippen molar-refractivity contribution in [2.75, 3.05) is 0 Å². The molecule has 0 aliphatic heterocycles. The Kier molecular flexibility index (Phi) is 6.30. The number of hydrogen-bond donors (Lipinski definition) is 2. The van der Waals surface area contributed by atoms with Crippen LogP contribution in [0.15, 0.2) is 60.7 Å². The summed E-state index contributed by atoms with van der Waals surface area (Å²) >= 11 is 0. The average molecular weight is 272 g/mol. The quantitative estimate of drug-likeness (QED) is 0.429. The van der Waals surface area contributed by atoms with Crippen molar-refractivity contribution < 1.29 is 15.0 Å². The molecule has 0 amide bonds. The lowest BCUT2D eigenvalue weighted by Gasteiger charge is -2.04. The van der Waals surface area contributed by atoms with E-state index in [1.54, 1.807) is 18.2 Å². The van der Waals surface area contributed by atoms with Gasteiger partial charge in [-0.25, -0.2) is 4.79 Å². The first-order chi connectivity index (χ1) is 9.49. The number of hydrogen-bond acceptors (Lipinski definition) is 2. The van der Waals surface area contributed by atoms with Gasteiger partial charge in [0.2, 0.25) is 0 Å². The second-order valence-electron chi connectivity index (χ2n) is 4.71. The molecule has 0 saturated heterocycles. The smallest absolute Gasteiger partial charge is 0.335 e. The Morgan fingerprint density at radius 1 is 1.20 bits per heavy atom. The lowest BCUT2D eigenvalue weighted by Crippen LogP contribution is -1.95. The van der Waals surface area contributed by atoms with Crippen molar-refractivity contribution in [2.45, 2.75) is 25.7 Å². The maximum atomic E-state index is 10.5. The van der Waals surface area contributed by atoms with Crippen LogP contribution in [-0.4, -0.2) is 16.2 Å². The molecule has 0 heterocycles. The molecular weight excluding hydrogens is 252 g/mol. The Labute approximate surface area is 119 Å². The highest BCUT2D eigenvalue weighted by Crippen LogP contribution is 2.15. The van der Waals surface area contributed by atoms with Crippen LogP contribution >= 0.6 is 0 Å². The van der Waals surface area contributed by atoms with E-state index in [0.717, 1.165) is 24.8 Å². The summed E-state index contributed by atoms with van der Waals surface area (Å²) in [6, 6.07) is 7.19. The minimum absolute atomic E-state index is 0.0851. The van der Waals surface area contributed by atoms with E-state index in [2.05, 4.69) is 13.2 Å². The van der Waals surface area contributed by atoms with Gasteiger partial charge in [0.05, 0.1) is 5.57 Å². The number of carboxylic acids is 1. The fraction of sp³-hybridized carbons (Fsp3) is 0.235. The average Bonchev–Trinajstić information content (AvgIpc) is 2.40. The number of aryl methyl sites for hydroxylation is 1. The maximum Gasteiger partial charge on any atom is 0.335 e. The van der Waals surface area contributed by atoms with Crippen LogP contribution in [0.5, 0.6) is 5.75 Å². The van der Waals surface area contributed by atoms with Crippen molar-refractivity contribution in [1.82, 2.24) is 0 Å². The predicted octanol–water partition coefficient (Wildman–Crippen LogP) is 3.86. The van der Waals surface area contributed by atoms with Crippen molar-refractivity contribution >= 4 is 5.97 Å². The van der Waals surface area contributed by atoms with Gasteiger partial charge >= 0.3 is 5.97 Å². The van der Waals surface area contributed by atoms with Gasteiger partial charge in [0.25, 0.3) is 0 Å². The Hall–Kier alpha value is -2.29. The molecule has 1 rings (SSSR count). The van der Waals surface area contributed by atoms with E-state index in [-0.39, 0.29) is 11.3 Å². The first kappa shape index (κ1) is 15.8. The van der Waals surface area contributed by atoms with E-state index in [1.807, 2.05) is 12.1 Å². The number of phenolic OH excluding ortho intramolecular Hbond substituents is 1. The third-order valence-corrected chi connectivity index (χ3v) is 2.93. The Bertz CT molecular complexity index is 510. The third-order valence-electron chi connectivity index (χ3n) is 2.93. The van der Waals surface area contributed by atoms with E-state index in [1.165, 1.54) is 11.6 Å². The summed E-state index contributed by atoms with van der Waals surface area (Å²) in [5.74, 6) is -0.721. The standard InChI is InChI=1S/C17H20O3/c1-13(5-3-7-14(2)17(19)20)6-4-8-15-9-11-16(18)12-10-15/h3,7,9-12,18H,1-2,4-6,8H2,(H,19,20)/b7-3-. The van der Waals surface area contributed by atoms with Gasteiger partial charge in [-0.3, -0.25) is 0 Å². The molecular formula is C17H20O3. The molecule has 0 atom stereocenters. The molecule has 0 spiro atoms. The van der Waals surface area contributed by atoms with E-state index >= 15 is 0 Å². The third kappa shape index (κ3) is 6.05. The molecule has 0 aromatic heterocycles. The molecule has 0 aliphatic rings. The van der Waals surface area contributed by atoms with Crippen LogP contribution in [0.1, 0.15) is 24.8 Å². The molecule has 20 heavy (non-hydrogen) atoms. The molecule has 106 valence electrons. The van der Waals surface area contributed by atoms with Gasteiger partial charge in [0.15, 0.2) is 0 Å². The topological polar surface area (TPSA) is 57.5 Å². The highest BCUT2D eigenvalue weighted by molar-refractivity contribution is 5.88. The Morgan fingerprint density at radius 3 is 2.45 bits per heavy atom. The minimum atomic E-state index is -1.00. The van der Waals surface area contributed by atoms with E-state index in [9.17, 15) is 9.90 Å². The molecule has 1 aromatic rings. The van der Waals surface area contributed by atoms with Crippen molar-refractivity contribution in [3.05, 3.63) is 66.3 Å². The monoisotopic (exact) mass is 272 g/mol. The zero-order valence-electron chi connectivity index (χ0n) is 11.5. The molecule has 3 nitrogen and oxygen atoms in total. The van der Waals surface area contributed by atoms with Gasteiger partial charge in [-0.15, -0.1) is 0 Å². The normalized spacial score (nSPS) is 10.6. The van der Waals surface area contributed by atoms with Gasteiger partial charge in [0.1, 0.15) is 5.75 Å². The van der Waals surface area contributed by atoms with E-state index < -0.39 is 5.97 Å². The summed E-state index contributed by atoms with van der Waals surface area (Å²) in [5.41, 5.74) is 2.34. The van der Waals surface area contributed by atoms with Crippen molar-refractivity contribution in [3.8, 4) is 5.75 Å². The summed E-state index contributed by atoms with van der Waals surface area (Å²) in [5, 5.41) is 17.8. The van der Waals surface area contributed by atoms with Crippen LogP contribution in [-0.2, 0) is 11.2 Å². The van der Waals surface area contributed by atoms with Gasteiger partial charge in [-0.1, -0.05) is 43.0 Å². The van der Waals surface area contributed by atoms with Crippen LogP contribution in [0.3, 0.4) is 0 Å². The molecule has 0 bridgehead atoms. The lowest BCUT2D eigenvalue weighted by molar-refractivity contribution is -0.132. The van der Waals surface area contributed by atoms with E-state index in [0.29, 0.717) is 6.42 Å². The second-order valence-corrected chi connectivity index (χ2v) is 4.71. The maximum absolute atomic E-state index is 10.5. The summed E-state index contributed by atoms with van der Waals surface area (Å²) in [7, 11) is 0. The second kappa shape index (κ2) is 8.00. The summed E-state index contributed by atoms with van der Waals surface area (Å²) in [6.45, 7) is 7.40. The van der Waals surface area contributed by atoms with Gasteiger partial charge in [-0.2, -0.15) is 0 Å². The van der Waals surface area contributed by atoms with Crippen molar-refractivity contribution in [3.63, 3.8) is 0 Å². The number of rotatable bonds is 8. The lowest BCUT2D eigenvalue weighted by atomic mass is 10.0. The van der Waals surface area contributed by atoms with Crippen molar-refractivity contribution in [2.24, 2.45) is 0 Å². The first-order valence-electron chi connectivity index (χ1n) is 6.52. The summed E-state index contributed by atoms with van der Waals surface area (Å²) in [4.78, 5) is 10.5. The molecule has 0 fully saturated rings. The highest BCUT2D eigenvalue weighted by Gasteiger charge is 1.99. The number of aromatic hydroxyl groups is 1. The molecule has 0 unspecified atom stereocenters. The van der Waals surface area contributed by atoms with Crippen LogP contribution in [0, 0.1) is 0 Å². The first-order valence-corrected chi connectivity index (χ1v) is 6.52.